The SMILES string of the molecule is CCOC(=O)c1c(-c2ccc(C)c(C)c2)csc1NC(=O)CSc1ncnc2sc(C)c(C)c12. The minimum absolute atomic E-state index is 0.166. The van der Waals surface area contributed by atoms with Crippen molar-refractivity contribution in [2.75, 3.05) is 17.7 Å². The molecule has 3 aromatic heterocycles. The average molecular weight is 512 g/mol. The summed E-state index contributed by atoms with van der Waals surface area (Å²) in [6, 6.07) is 6.07. The number of thiophene rings is 2. The number of benzene rings is 1. The number of ether oxygens (including phenoxy) is 1. The molecule has 176 valence electrons. The molecule has 0 unspecified atom stereocenters. The largest absolute Gasteiger partial charge is 0.462 e. The van der Waals surface area contributed by atoms with E-state index in [1.54, 1.807) is 18.3 Å². The first-order chi connectivity index (χ1) is 16.3. The van der Waals surface area contributed by atoms with Crippen molar-refractivity contribution in [3.8, 4) is 11.1 Å². The fraction of sp³-hybridized carbons (Fsp3) is 0.280. The lowest BCUT2D eigenvalue weighted by molar-refractivity contribution is -0.113. The van der Waals surface area contributed by atoms with Gasteiger partial charge in [0.05, 0.1) is 12.4 Å². The van der Waals surface area contributed by atoms with Crippen LogP contribution in [0.4, 0.5) is 5.00 Å². The fourth-order valence-electron chi connectivity index (χ4n) is 3.53. The quantitative estimate of drug-likeness (QED) is 0.172. The molecule has 0 aliphatic carbocycles. The first-order valence-electron chi connectivity index (χ1n) is 10.8. The molecular weight excluding hydrogens is 486 g/mol. The van der Waals surface area contributed by atoms with Gasteiger partial charge in [-0.2, -0.15) is 0 Å². The molecule has 0 aliphatic rings. The van der Waals surface area contributed by atoms with Gasteiger partial charge in [-0.15, -0.1) is 22.7 Å². The van der Waals surface area contributed by atoms with Crippen LogP contribution in [-0.2, 0) is 9.53 Å². The Morgan fingerprint density at radius 3 is 2.65 bits per heavy atom. The summed E-state index contributed by atoms with van der Waals surface area (Å²) < 4.78 is 5.31. The summed E-state index contributed by atoms with van der Waals surface area (Å²) in [4.78, 5) is 36.6. The molecule has 0 bridgehead atoms. The van der Waals surface area contributed by atoms with E-state index in [0.717, 1.165) is 37.5 Å². The van der Waals surface area contributed by atoms with Crippen molar-refractivity contribution < 1.29 is 14.3 Å². The van der Waals surface area contributed by atoms with Crippen molar-refractivity contribution in [2.45, 2.75) is 39.6 Å². The summed E-state index contributed by atoms with van der Waals surface area (Å²) in [5.41, 5.74) is 5.53. The molecule has 0 fully saturated rings. The van der Waals surface area contributed by atoms with Crippen molar-refractivity contribution in [3.05, 3.63) is 57.0 Å². The van der Waals surface area contributed by atoms with Gasteiger partial charge < -0.3 is 10.1 Å². The lowest BCUT2D eigenvalue weighted by atomic mass is 9.99. The molecule has 6 nitrogen and oxygen atoms in total. The molecule has 0 aliphatic heterocycles. The number of anilines is 1. The van der Waals surface area contributed by atoms with Gasteiger partial charge in [0.25, 0.3) is 0 Å². The van der Waals surface area contributed by atoms with E-state index in [9.17, 15) is 9.59 Å². The van der Waals surface area contributed by atoms with E-state index in [1.165, 1.54) is 39.9 Å². The Morgan fingerprint density at radius 2 is 1.91 bits per heavy atom. The van der Waals surface area contributed by atoms with Crippen LogP contribution in [0.3, 0.4) is 0 Å². The maximum atomic E-state index is 12.9. The van der Waals surface area contributed by atoms with Gasteiger partial charge in [-0.25, -0.2) is 14.8 Å². The summed E-state index contributed by atoms with van der Waals surface area (Å²) in [7, 11) is 0. The first-order valence-corrected chi connectivity index (χ1v) is 13.5. The smallest absolute Gasteiger partial charge is 0.341 e. The van der Waals surface area contributed by atoms with Gasteiger partial charge in [-0.05, 0) is 56.9 Å². The Labute approximate surface area is 210 Å². The van der Waals surface area contributed by atoms with E-state index in [-0.39, 0.29) is 18.3 Å². The molecule has 4 rings (SSSR count). The second kappa shape index (κ2) is 10.2. The number of carbonyl (C=O) groups excluding carboxylic acids is 2. The Hall–Kier alpha value is -2.75. The normalized spacial score (nSPS) is 11.1. The third kappa shape index (κ3) is 4.87. The highest BCUT2D eigenvalue weighted by atomic mass is 32.2. The van der Waals surface area contributed by atoms with Crippen molar-refractivity contribution >= 4 is 61.5 Å². The Kier molecular flexibility index (Phi) is 7.35. The second-order valence-corrected chi connectivity index (χ2v) is 10.9. The van der Waals surface area contributed by atoms with Gasteiger partial charge in [0.15, 0.2) is 0 Å². The zero-order valence-corrected chi connectivity index (χ0v) is 22.1. The minimum atomic E-state index is -0.443. The number of hydrogen-bond donors (Lipinski definition) is 1. The molecule has 1 N–H and O–H groups in total. The van der Waals surface area contributed by atoms with Crippen molar-refractivity contribution in [1.82, 2.24) is 9.97 Å². The summed E-state index contributed by atoms with van der Waals surface area (Å²) in [5.74, 6) is -0.484. The zero-order valence-electron chi connectivity index (χ0n) is 19.6. The molecule has 3 heterocycles. The molecule has 0 atom stereocenters. The van der Waals surface area contributed by atoms with Crippen LogP contribution in [0.1, 0.15) is 38.8 Å². The highest BCUT2D eigenvalue weighted by Crippen LogP contribution is 2.38. The molecule has 9 heteroatoms. The summed E-state index contributed by atoms with van der Waals surface area (Å²) in [6.07, 6.45) is 1.53. The lowest BCUT2D eigenvalue weighted by Gasteiger charge is -2.10. The van der Waals surface area contributed by atoms with Crippen LogP contribution in [0.5, 0.6) is 0 Å². The molecule has 0 saturated heterocycles. The van der Waals surface area contributed by atoms with Gasteiger partial charge in [0.2, 0.25) is 5.91 Å². The number of nitrogens with one attached hydrogen (secondary N) is 1. The number of hydrogen-bond acceptors (Lipinski definition) is 8. The van der Waals surface area contributed by atoms with E-state index >= 15 is 0 Å². The third-order valence-electron chi connectivity index (χ3n) is 5.61. The molecule has 0 spiro atoms. The number of esters is 1. The summed E-state index contributed by atoms with van der Waals surface area (Å²) >= 11 is 4.32. The van der Waals surface area contributed by atoms with Crippen LogP contribution >= 0.6 is 34.4 Å². The van der Waals surface area contributed by atoms with Crippen molar-refractivity contribution in [1.29, 1.82) is 0 Å². The fourth-order valence-corrected chi connectivity index (χ4v) is 6.42. The second-order valence-electron chi connectivity index (χ2n) is 7.85. The molecule has 0 radical (unpaired) electrons. The van der Waals surface area contributed by atoms with Gasteiger partial charge in [-0.1, -0.05) is 30.0 Å². The van der Waals surface area contributed by atoms with E-state index in [1.807, 2.05) is 44.4 Å². The van der Waals surface area contributed by atoms with E-state index in [4.69, 9.17) is 4.74 Å². The number of aryl methyl sites for hydroxylation is 4. The number of nitrogens with zero attached hydrogens (tertiary/aromatic N) is 2. The van der Waals surface area contributed by atoms with Gasteiger partial charge in [-0.3, -0.25) is 4.79 Å². The maximum absolute atomic E-state index is 12.9. The number of carbonyl (C=O) groups is 2. The molecule has 4 aromatic rings. The molecule has 0 saturated carbocycles. The monoisotopic (exact) mass is 511 g/mol. The number of aromatic nitrogens is 2. The highest BCUT2D eigenvalue weighted by Gasteiger charge is 2.23. The van der Waals surface area contributed by atoms with Crippen LogP contribution in [0.25, 0.3) is 21.3 Å². The Morgan fingerprint density at radius 1 is 1.12 bits per heavy atom. The highest BCUT2D eigenvalue weighted by molar-refractivity contribution is 8.00. The predicted octanol–water partition coefficient (Wildman–Crippen LogP) is 6.56. The molecule has 34 heavy (non-hydrogen) atoms. The topological polar surface area (TPSA) is 81.2 Å². The summed E-state index contributed by atoms with van der Waals surface area (Å²) in [6.45, 7) is 10.2. The summed E-state index contributed by atoms with van der Waals surface area (Å²) in [5, 5.41) is 7.10. The van der Waals surface area contributed by atoms with Crippen molar-refractivity contribution in [2.24, 2.45) is 0 Å². The van der Waals surface area contributed by atoms with E-state index in [2.05, 4.69) is 22.2 Å². The number of amides is 1. The standard InChI is InChI=1S/C25H25N3O3S3/c1-6-31-25(30)21-18(17-8-7-13(2)14(3)9-17)10-32-24(21)28-19(29)11-33-22-20-15(4)16(5)34-23(20)27-12-26-22/h7-10,12H,6,11H2,1-5H3,(H,28,29). The van der Waals surface area contributed by atoms with E-state index in [0.29, 0.717) is 10.6 Å². The Bertz CT molecular complexity index is 1390. The molecule has 1 aromatic carbocycles. The van der Waals surface area contributed by atoms with E-state index < -0.39 is 5.97 Å². The van der Waals surface area contributed by atoms with Crippen LogP contribution in [0, 0.1) is 27.7 Å². The first kappa shape index (κ1) is 24.4. The van der Waals surface area contributed by atoms with Crippen LogP contribution in [0.15, 0.2) is 34.9 Å². The zero-order chi connectivity index (χ0) is 24.4. The minimum Gasteiger partial charge on any atom is -0.462 e. The predicted molar refractivity (Wildman–Crippen MR) is 141 cm³/mol. The number of fused-ring (bicyclic) bond motifs is 1. The van der Waals surface area contributed by atoms with Crippen LogP contribution < -0.4 is 5.32 Å². The Balaban J connectivity index is 1.57. The average Bonchev–Trinajstić information content (AvgIpc) is 3.35. The van der Waals surface area contributed by atoms with Crippen LogP contribution in [-0.4, -0.2) is 34.2 Å². The van der Waals surface area contributed by atoms with Gasteiger partial charge in [0, 0.05) is 21.2 Å². The molecular formula is C25H25N3O3S3. The number of thioether (sulfide) groups is 1. The number of rotatable bonds is 7. The van der Waals surface area contributed by atoms with Crippen molar-refractivity contribution in [3.63, 3.8) is 0 Å². The van der Waals surface area contributed by atoms with Gasteiger partial charge >= 0.3 is 5.97 Å². The maximum Gasteiger partial charge on any atom is 0.341 e. The lowest BCUT2D eigenvalue weighted by Crippen LogP contribution is -2.16. The molecule has 1 amide bonds. The van der Waals surface area contributed by atoms with Crippen LogP contribution in [0.2, 0.25) is 0 Å². The van der Waals surface area contributed by atoms with Gasteiger partial charge in [0.1, 0.15) is 26.7 Å². The third-order valence-corrected chi connectivity index (χ3v) is 8.61.